The molecule has 2 aliphatic heterocycles. The molecule has 1 amide bonds. The summed E-state index contributed by atoms with van der Waals surface area (Å²) in [5, 5.41) is 0.0897. The third-order valence-corrected chi connectivity index (χ3v) is 5.49. The van der Waals surface area contributed by atoms with E-state index in [4.69, 9.17) is 5.73 Å². The Labute approximate surface area is 118 Å². The van der Waals surface area contributed by atoms with Gasteiger partial charge in [-0.1, -0.05) is 18.2 Å². The van der Waals surface area contributed by atoms with E-state index in [0.717, 1.165) is 38.9 Å². The zero-order valence-corrected chi connectivity index (χ0v) is 11.9. The maximum atomic E-state index is 12.5. The number of fused-ring (bicyclic) bond motifs is 1. The van der Waals surface area contributed by atoms with Gasteiger partial charge in [0.15, 0.2) is 0 Å². The number of carbonyl (C=O) groups excluding carboxylic acids is 1. The van der Waals surface area contributed by atoms with Crippen LogP contribution in [0.1, 0.15) is 18.4 Å². The first-order chi connectivity index (χ1) is 9.28. The van der Waals surface area contributed by atoms with E-state index in [9.17, 15) is 4.79 Å². The van der Waals surface area contributed by atoms with Crippen molar-refractivity contribution >= 4 is 17.7 Å². The molecule has 0 spiro atoms. The van der Waals surface area contributed by atoms with Crippen molar-refractivity contribution in [3.8, 4) is 0 Å². The fourth-order valence-corrected chi connectivity index (χ4v) is 4.19. The van der Waals surface area contributed by atoms with Crippen LogP contribution in [0.3, 0.4) is 0 Å². The van der Waals surface area contributed by atoms with Crippen molar-refractivity contribution in [3.05, 3.63) is 29.8 Å². The Bertz CT molecular complexity index is 444. The summed E-state index contributed by atoms with van der Waals surface area (Å²) in [6.45, 7) is 2.52. The third kappa shape index (κ3) is 2.65. The molecule has 3 rings (SSSR count). The Kier molecular flexibility index (Phi) is 3.80. The van der Waals surface area contributed by atoms with Crippen LogP contribution in [0.5, 0.6) is 0 Å². The molecular weight excluding hydrogens is 256 g/mol. The maximum absolute atomic E-state index is 12.5. The van der Waals surface area contributed by atoms with Crippen LogP contribution in [-0.4, -0.2) is 35.7 Å². The highest BCUT2D eigenvalue weighted by atomic mass is 32.2. The molecule has 3 nitrogen and oxygen atoms in total. The van der Waals surface area contributed by atoms with Crippen LogP contribution >= 0.6 is 11.8 Å². The van der Waals surface area contributed by atoms with Gasteiger partial charge in [0.05, 0.1) is 5.25 Å². The monoisotopic (exact) mass is 276 g/mol. The van der Waals surface area contributed by atoms with Gasteiger partial charge in [-0.25, -0.2) is 0 Å². The number of benzene rings is 1. The molecule has 0 bridgehead atoms. The second-order valence-electron chi connectivity index (χ2n) is 5.42. The fraction of sp³-hybridized carbons (Fsp3) is 0.533. The molecule has 1 aromatic carbocycles. The fourth-order valence-electron chi connectivity index (χ4n) is 2.91. The molecule has 1 fully saturated rings. The van der Waals surface area contributed by atoms with Crippen LogP contribution in [-0.2, 0) is 11.2 Å². The normalized spacial score (nSPS) is 23.4. The number of rotatable bonds is 2. The van der Waals surface area contributed by atoms with Crippen molar-refractivity contribution in [1.82, 2.24) is 4.90 Å². The highest BCUT2D eigenvalue weighted by molar-refractivity contribution is 8.01. The first kappa shape index (κ1) is 13.0. The quantitative estimate of drug-likeness (QED) is 0.897. The largest absolute Gasteiger partial charge is 0.342 e. The van der Waals surface area contributed by atoms with Gasteiger partial charge in [-0.3, -0.25) is 4.79 Å². The summed E-state index contributed by atoms with van der Waals surface area (Å²) in [7, 11) is 0. The Balaban J connectivity index is 1.61. The lowest BCUT2D eigenvalue weighted by Crippen LogP contribution is -2.43. The van der Waals surface area contributed by atoms with Gasteiger partial charge < -0.3 is 10.6 Å². The molecule has 0 aliphatic carbocycles. The van der Waals surface area contributed by atoms with E-state index in [1.54, 1.807) is 11.8 Å². The number of carbonyl (C=O) groups is 1. The van der Waals surface area contributed by atoms with Crippen LogP contribution < -0.4 is 5.73 Å². The van der Waals surface area contributed by atoms with Crippen molar-refractivity contribution in [2.24, 2.45) is 11.7 Å². The summed E-state index contributed by atoms with van der Waals surface area (Å²) in [5.41, 5.74) is 7.02. The Morgan fingerprint density at radius 3 is 2.74 bits per heavy atom. The molecular formula is C15H20N2OS. The second kappa shape index (κ2) is 5.55. The highest BCUT2D eigenvalue weighted by Gasteiger charge is 2.32. The number of piperidine rings is 1. The number of nitrogens with two attached hydrogens (primary N) is 1. The van der Waals surface area contributed by atoms with E-state index in [1.165, 1.54) is 10.5 Å². The Morgan fingerprint density at radius 2 is 2.05 bits per heavy atom. The van der Waals surface area contributed by atoms with E-state index >= 15 is 0 Å². The van der Waals surface area contributed by atoms with Gasteiger partial charge >= 0.3 is 0 Å². The number of thioether (sulfide) groups is 1. The number of hydrogen-bond donors (Lipinski definition) is 1. The zero-order chi connectivity index (χ0) is 13.2. The topological polar surface area (TPSA) is 46.3 Å². The molecule has 0 saturated carbocycles. The molecule has 2 heterocycles. The van der Waals surface area contributed by atoms with Crippen LogP contribution in [0.4, 0.5) is 0 Å². The summed E-state index contributed by atoms with van der Waals surface area (Å²) >= 11 is 1.73. The van der Waals surface area contributed by atoms with Crippen LogP contribution in [0, 0.1) is 5.92 Å². The minimum atomic E-state index is 0.0897. The Hall–Kier alpha value is -1.00. The molecule has 0 aromatic heterocycles. The molecule has 1 atom stereocenters. The first-order valence-electron chi connectivity index (χ1n) is 7.01. The molecule has 1 aromatic rings. The first-order valence-corrected chi connectivity index (χ1v) is 7.89. The van der Waals surface area contributed by atoms with E-state index < -0.39 is 0 Å². The van der Waals surface area contributed by atoms with Gasteiger partial charge in [0.1, 0.15) is 0 Å². The van der Waals surface area contributed by atoms with Crippen molar-refractivity contribution in [1.29, 1.82) is 0 Å². The van der Waals surface area contributed by atoms with Gasteiger partial charge in [0.25, 0.3) is 0 Å². The zero-order valence-electron chi connectivity index (χ0n) is 11.0. The van der Waals surface area contributed by atoms with Gasteiger partial charge in [-0.05, 0) is 43.4 Å². The smallest absolute Gasteiger partial charge is 0.236 e. The van der Waals surface area contributed by atoms with Crippen molar-refractivity contribution in [2.45, 2.75) is 29.4 Å². The summed E-state index contributed by atoms with van der Waals surface area (Å²) in [6, 6.07) is 8.36. The van der Waals surface area contributed by atoms with E-state index in [2.05, 4.69) is 18.2 Å². The number of likely N-dealkylation sites (tertiary alicyclic amines) is 1. The van der Waals surface area contributed by atoms with E-state index in [0.29, 0.717) is 11.8 Å². The number of nitrogens with zero attached hydrogens (tertiary/aromatic N) is 1. The SMILES string of the molecule is NCC1CCN(C(=O)C2Cc3ccccc3S2)CC1. The summed E-state index contributed by atoms with van der Waals surface area (Å²) < 4.78 is 0. The average Bonchev–Trinajstić information content (AvgIpc) is 2.90. The number of amides is 1. The van der Waals surface area contributed by atoms with Crippen LogP contribution in [0.15, 0.2) is 29.2 Å². The minimum absolute atomic E-state index is 0.0897. The maximum Gasteiger partial charge on any atom is 0.236 e. The lowest BCUT2D eigenvalue weighted by atomic mass is 9.96. The molecule has 19 heavy (non-hydrogen) atoms. The van der Waals surface area contributed by atoms with E-state index in [1.807, 2.05) is 11.0 Å². The predicted molar refractivity (Wildman–Crippen MR) is 78.1 cm³/mol. The standard InChI is InChI=1S/C15H20N2OS/c16-10-11-5-7-17(8-6-11)15(18)14-9-12-3-1-2-4-13(12)19-14/h1-4,11,14H,5-10,16H2. The molecule has 2 aliphatic rings. The summed E-state index contributed by atoms with van der Waals surface area (Å²) in [6.07, 6.45) is 3.01. The molecule has 2 N–H and O–H groups in total. The predicted octanol–water partition coefficient (Wildman–Crippen LogP) is 1.90. The average molecular weight is 276 g/mol. The van der Waals surface area contributed by atoms with Crippen molar-refractivity contribution in [2.75, 3.05) is 19.6 Å². The lowest BCUT2D eigenvalue weighted by Gasteiger charge is -2.32. The van der Waals surface area contributed by atoms with Gasteiger partial charge in [0, 0.05) is 18.0 Å². The summed E-state index contributed by atoms with van der Waals surface area (Å²) in [5.74, 6) is 0.925. The molecule has 102 valence electrons. The van der Waals surface area contributed by atoms with Crippen LogP contribution in [0.2, 0.25) is 0 Å². The lowest BCUT2D eigenvalue weighted by molar-refractivity contribution is -0.131. The summed E-state index contributed by atoms with van der Waals surface area (Å²) in [4.78, 5) is 15.9. The van der Waals surface area contributed by atoms with Crippen LogP contribution in [0.25, 0.3) is 0 Å². The van der Waals surface area contributed by atoms with Gasteiger partial charge in [0.2, 0.25) is 5.91 Å². The third-order valence-electron chi connectivity index (χ3n) is 4.18. The van der Waals surface area contributed by atoms with Gasteiger partial charge in [-0.2, -0.15) is 0 Å². The second-order valence-corrected chi connectivity index (χ2v) is 6.67. The molecule has 0 radical (unpaired) electrons. The molecule has 4 heteroatoms. The van der Waals surface area contributed by atoms with E-state index in [-0.39, 0.29) is 5.25 Å². The minimum Gasteiger partial charge on any atom is -0.342 e. The number of hydrogen-bond acceptors (Lipinski definition) is 3. The van der Waals surface area contributed by atoms with Gasteiger partial charge in [-0.15, -0.1) is 11.8 Å². The highest BCUT2D eigenvalue weighted by Crippen LogP contribution is 2.38. The van der Waals surface area contributed by atoms with Crippen molar-refractivity contribution in [3.63, 3.8) is 0 Å². The molecule has 1 saturated heterocycles. The molecule has 1 unspecified atom stereocenters. The van der Waals surface area contributed by atoms with Crippen molar-refractivity contribution < 1.29 is 4.79 Å². The Morgan fingerprint density at radius 1 is 1.32 bits per heavy atom.